The Labute approximate surface area is 99.7 Å². The Morgan fingerprint density at radius 1 is 1.65 bits per heavy atom. The first-order chi connectivity index (χ1) is 8.08. The molecule has 0 bridgehead atoms. The quantitative estimate of drug-likeness (QED) is 0.818. The van der Waals surface area contributed by atoms with E-state index in [0.717, 1.165) is 25.2 Å². The second-order valence-electron chi connectivity index (χ2n) is 4.44. The molecule has 0 aromatic carbocycles. The summed E-state index contributed by atoms with van der Waals surface area (Å²) in [5, 5.41) is 18.4. The first-order valence-electron chi connectivity index (χ1n) is 5.70. The molecule has 17 heavy (non-hydrogen) atoms. The van der Waals surface area contributed by atoms with Crippen molar-refractivity contribution in [2.24, 2.45) is 5.92 Å². The fourth-order valence-corrected chi connectivity index (χ4v) is 2.15. The summed E-state index contributed by atoms with van der Waals surface area (Å²) in [6, 6.07) is 3.38. The summed E-state index contributed by atoms with van der Waals surface area (Å²) in [4.78, 5) is 16.7. The molecule has 0 aliphatic carbocycles. The van der Waals surface area contributed by atoms with E-state index >= 15 is 0 Å². The molecule has 1 aromatic heterocycles. The molecule has 1 fully saturated rings. The monoisotopic (exact) mass is 236 g/mol. The lowest BCUT2D eigenvalue weighted by atomic mass is 10.0. The molecule has 0 radical (unpaired) electrons. The third-order valence-corrected chi connectivity index (χ3v) is 3.23. The molecule has 1 aromatic rings. The lowest BCUT2D eigenvalue weighted by Crippen LogP contribution is -2.24. The molecule has 2 N–H and O–H groups in total. The van der Waals surface area contributed by atoms with Gasteiger partial charge in [0.1, 0.15) is 5.69 Å². The lowest BCUT2D eigenvalue weighted by Gasteiger charge is -2.19. The van der Waals surface area contributed by atoms with Gasteiger partial charge in [-0.3, -0.25) is 0 Å². The number of carbonyl (C=O) groups is 1. The smallest absolute Gasteiger partial charge is 0.354 e. The fourth-order valence-electron chi connectivity index (χ4n) is 2.15. The Morgan fingerprint density at radius 2 is 2.41 bits per heavy atom. The topological polar surface area (TPSA) is 73.7 Å². The SMILES string of the molecule is CC(O)C1CCN(c2ccnc(C(=O)O)c2)C1. The van der Waals surface area contributed by atoms with Crippen LogP contribution in [0, 0.1) is 5.92 Å². The van der Waals surface area contributed by atoms with E-state index in [1.807, 2.05) is 0 Å². The van der Waals surface area contributed by atoms with Gasteiger partial charge in [-0.1, -0.05) is 0 Å². The molecule has 0 amide bonds. The highest BCUT2D eigenvalue weighted by Crippen LogP contribution is 2.25. The van der Waals surface area contributed by atoms with Crippen LogP contribution in [0.2, 0.25) is 0 Å². The van der Waals surface area contributed by atoms with Crippen molar-refractivity contribution in [1.29, 1.82) is 0 Å². The van der Waals surface area contributed by atoms with Crippen molar-refractivity contribution in [1.82, 2.24) is 4.98 Å². The number of rotatable bonds is 3. The summed E-state index contributed by atoms with van der Waals surface area (Å²) in [7, 11) is 0. The van der Waals surface area contributed by atoms with E-state index in [9.17, 15) is 9.90 Å². The van der Waals surface area contributed by atoms with E-state index in [4.69, 9.17) is 5.11 Å². The number of hydrogen-bond acceptors (Lipinski definition) is 4. The maximum atomic E-state index is 10.8. The Balaban J connectivity index is 2.13. The van der Waals surface area contributed by atoms with Crippen molar-refractivity contribution < 1.29 is 15.0 Å². The van der Waals surface area contributed by atoms with E-state index in [1.54, 1.807) is 19.1 Å². The van der Waals surface area contributed by atoms with Crippen LogP contribution < -0.4 is 4.90 Å². The van der Waals surface area contributed by atoms with Crippen molar-refractivity contribution in [2.45, 2.75) is 19.4 Å². The number of carboxylic acids is 1. The molecule has 1 aliphatic heterocycles. The maximum absolute atomic E-state index is 10.8. The average molecular weight is 236 g/mol. The molecule has 2 rings (SSSR count). The molecule has 1 saturated heterocycles. The van der Waals surface area contributed by atoms with Gasteiger partial charge in [0, 0.05) is 30.9 Å². The molecule has 0 saturated carbocycles. The predicted octanol–water partition coefficient (Wildman–Crippen LogP) is 0.987. The molecular formula is C12H16N2O3. The van der Waals surface area contributed by atoms with Crippen LogP contribution in [-0.4, -0.2) is 40.4 Å². The molecule has 5 nitrogen and oxygen atoms in total. The fraction of sp³-hybridized carbons (Fsp3) is 0.500. The molecule has 0 spiro atoms. The van der Waals surface area contributed by atoms with Gasteiger partial charge in [0.2, 0.25) is 0 Å². The summed E-state index contributed by atoms with van der Waals surface area (Å²) in [5.74, 6) is -0.755. The van der Waals surface area contributed by atoms with Gasteiger partial charge in [-0.05, 0) is 25.5 Å². The number of nitrogens with zero attached hydrogens (tertiary/aromatic N) is 2. The van der Waals surface area contributed by atoms with Crippen LogP contribution >= 0.6 is 0 Å². The largest absolute Gasteiger partial charge is 0.477 e. The zero-order chi connectivity index (χ0) is 12.4. The molecule has 5 heteroatoms. The normalized spacial score (nSPS) is 21.5. The van der Waals surface area contributed by atoms with Crippen LogP contribution in [0.15, 0.2) is 18.3 Å². The summed E-state index contributed by atoms with van der Waals surface area (Å²) < 4.78 is 0. The van der Waals surface area contributed by atoms with Gasteiger partial charge in [-0.25, -0.2) is 9.78 Å². The van der Waals surface area contributed by atoms with Gasteiger partial charge >= 0.3 is 5.97 Å². The van der Waals surface area contributed by atoms with Crippen LogP contribution in [0.4, 0.5) is 5.69 Å². The zero-order valence-corrected chi connectivity index (χ0v) is 9.71. The molecule has 1 aliphatic rings. The standard InChI is InChI=1S/C12H16N2O3/c1-8(15)9-3-5-14(7-9)10-2-4-13-11(6-10)12(16)17/h2,4,6,8-9,15H,3,5,7H2,1H3,(H,16,17). The lowest BCUT2D eigenvalue weighted by molar-refractivity contribution is 0.0690. The van der Waals surface area contributed by atoms with Crippen molar-refractivity contribution in [2.75, 3.05) is 18.0 Å². The van der Waals surface area contributed by atoms with Crippen LogP contribution in [-0.2, 0) is 0 Å². The molecule has 2 atom stereocenters. The van der Waals surface area contributed by atoms with Crippen molar-refractivity contribution in [3.8, 4) is 0 Å². The highest BCUT2D eigenvalue weighted by atomic mass is 16.4. The summed E-state index contributed by atoms with van der Waals surface area (Å²) in [6.45, 7) is 3.41. The highest BCUT2D eigenvalue weighted by molar-refractivity contribution is 5.86. The third kappa shape index (κ3) is 2.55. The summed E-state index contributed by atoms with van der Waals surface area (Å²) >= 11 is 0. The number of hydrogen-bond donors (Lipinski definition) is 2. The molecule has 2 unspecified atom stereocenters. The van der Waals surface area contributed by atoms with Gasteiger partial charge < -0.3 is 15.1 Å². The Hall–Kier alpha value is -1.62. The Kier molecular flexibility index (Phi) is 3.28. The van der Waals surface area contributed by atoms with Crippen molar-refractivity contribution >= 4 is 11.7 Å². The number of anilines is 1. The van der Waals surface area contributed by atoms with Gasteiger partial charge in [-0.2, -0.15) is 0 Å². The first kappa shape index (κ1) is 11.9. The van der Waals surface area contributed by atoms with Gasteiger partial charge in [0.25, 0.3) is 0 Å². The molecular weight excluding hydrogens is 220 g/mol. The number of carboxylic acid groups (broad SMARTS) is 1. The van der Waals surface area contributed by atoms with Crippen LogP contribution in [0.5, 0.6) is 0 Å². The summed E-state index contributed by atoms with van der Waals surface area (Å²) in [5.41, 5.74) is 0.920. The highest BCUT2D eigenvalue weighted by Gasteiger charge is 2.26. The number of pyridine rings is 1. The van der Waals surface area contributed by atoms with Gasteiger partial charge in [0.15, 0.2) is 0 Å². The van der Waals surface area contributed by atoms with E-state index in [2.05, 4.69) is 9.88 Å². The predicted molar refractivity (Wildman–Crippen MR) is 63.2 cm³/mol. The third-order valence-electron chi connectivity index (χ3n) is 3.23. The first-order valence-corrected chi connectivity index (χ1v) is 5.70. The Bertz CT molecular complexity index is 420. The van der Waals surface area contributed by atoms with Crippen molar-refractivity contribution in [3.05, 3.63) is 24.0 Å². The second-order valence-corrected chi connectivity index (χ2v) is 4.44. The molecule has 2 heterocycles. The minimum absolute atomic E-state index is 0.0583. The number of aliphatic hydroxyl groups is 1. The van der Waals surface area contributed by atoms with Gasteiger partial charge in [-0.15, -0.1) is 0 Å². The maximum Gasteiger partial charge on any atom is 0.354 e. The molecule has 92 valence electrons. The van der Waals surface area contributed by atoms with E-state index in [-0.39, 0.29) is 17.7 Å². The average Bonchev–Trinajstić information content (AvgIpc) is 2.78. The Morgan fingerprint density at radius 3 is 3.00 bits per heavy atom. The van der Waals surface area contributed by atoms with Crippen molar-refractivity contribution in [3.63, 3.8) is 0 Å². The minimum Gasteiger partial charge on any atom is -0.477 e. The van der Waals surface area contributed by atoms with E-state index in [0.29, 0.717) is 0 Å². The van der Waals surface area contributed by atoms with Gasteiger partial charge in [0.05, 0.1) is 6.10 Å². The number of aromatic carboxylic acids is 1. The van der Waals surface area contributed by atoms with Crippen LogP contribution in [0.25, 0.3) is 0 Å². The van der Waals surface area contributed by atoms with E-state index < -0.39 is 5.97 Å². The van der Waals surface area contributed by atoms with Crippen LogP contribution in [0.3, 0.4) is 0 Å². The number of aliphatic hydroxyl groups excluding tert-OH is 1. The van der Waals surface area contributed by atoms with E-state index in [1.165, 1.54) is 6.20 Å². The number of aromatic nitrogens is 1. The zero-order valence-electron chi connectivity index (χ0n) is 9.71. The summed E-state index contributed by atoms with van der Waals surface area (Å²) in [6.07, 6.45) is 2.12. The second kappa shape index (κ2) is 4.71. The van der Waals surface area contributed by atoms with Crippen LogP contribution in [0.1, 0.15) is 23.8 Å². The minimum atomic E-state index is -1.02.